The molecule has 1 amide bonds. The number of nitrogens with zero attached hydrogens (tertiary/aromatic N) is 1. The normalized spacial score (nSPS) is 17.1. The predicted molar refractivity (Wildman–Crippen MR) is 109 cm³/mol. The summed E-state index contributed by atoms with van der Waals surface area (Å²) in [5, 5.41) is 5.71. The van der Waals surface area contributed by atoms with Gasteiger partial charge < -0.3 is 10.6 Å². The van der Waals surface area contributed by atoms with Crippen LogP contribution in [-0.2, 0) is 10.0 Å². The Morgan fingerprint density at radius 2 is 1.79 bits per heavy atom. The zero-order valence-electron chi connectivity index (χ0n) is 15.4. The SMILES string of the molecule is CNCC1CCCN1S(=O)(=O)c1ccc(NC(=O)c2ccc(F)cc2)cc1.Cl. The van der Waals surface area contributed by atoms with Crippen LogP contribution in [0, 0.1) is 5.82 Å². The van der Waals surface area contributed by atoms with E-state index in [1.807, 2.05) is 7.05 Å². The first-order valence-corrected chi connectivity index (χ1v) is 10.2. The van der Waals surface area contributed by atoms with E-state index in [-0.39, 0.29) is 29.3 Å². The first-order chi connectivity index (χ1) is 12.9. The molecule has 1 aliphatic heterocycles. The molecule has 2 aromatic carbocycles. The Morgan fingerprint density at radius 3 is 2.39 bits per heavy atom. The van der Waals surface area contributed by atoms with E-state index in [4.69, 9.17) is 0 Å². The van der Waals surface area contributed by atoms with Gasteiger partial charge in [-0.2, -0.15) is 4.31 Å². The van der Waals surface area contributed by atoms with Crippen molar-refractivity contribution in [2.45, 2.75) is 23.8 Å². The monoisotopic (exact) mass is 427 g/mol. The standard InChI is InChI=1S/C19H22FN3O3S.ClH/c1-21-13-17-3-2-12-23(17)27(25,26)18-10-8-16(9-11-18)22-19(24)14-4-6-15(20)7-5-14;/h4-11,17,21H,2-3,12-13H2,1H3,(H,22,24);1H. The molecule has 1 aliphatic rings. The van der Waals surface area contributed by atoms with Crippen molar-refractivity contribution >= 4 is 34.0 Å². The summed E-state index contributed by atoms with van der Waals surface area (Å²) in [6, 6.07) is 11.2. The third-order valence-electron chi connectivity index (χ3n) is 4.59. The number of rotatable bonds is 6. The molecule has 1 heterocycles. The van der Waals surface area contributed by atoms with Gasteiger partial charge in [0.1, 0.15) is 5.82 Å². The lowest BCUT2D eigenvalue weighted by Gasteiger charge is -2.24. The summed E-state index contributed by atoms with van der Waals surface area (Å²) >= 11 is 0. The molecule has 0 spiro atoms. The molecule has 0 aromatic heterocycles. The summed E-state index contributed by atoms with van der Waals surface area (Å²) in [7, 11) is -1.77. The molecule has 6 nitrogen and oxygen atoms in total. The van der Waals surface area contributed by atoms with Crippen molar-refractivity contribution < 1.29 is 17.6 Å². The third kappa shape index (κ3) is 4.88. The molecule has 0 radical (unpaired) electrons. The highest BCUT2D eigenvalue weighted by molar-refractivity contribution is 7.89. The van der Waals surface area contributed by atoms with Gasteiger partial charge in [-0.15, -0.1) is 12.4 Å². The second-order valence-electron chi connectivity index (χ2n) is 6.45. The van der Waals surface area contributed by atoms with Crippen LogP contribution in [0.2, 0.25) is 0 Å². The zero-order chi connectivity index (χ0) is 19.4. The Bertz CT molecular complexity index is 905. The van der Waals surface area contributed by atoms with Crippen molar-refractivity contribution in [1.82, 2.24) is 9.62 Å². The maximum atomic E-state index is 12.9. The Labute approximate surface area is 170 Å². The molecule has 1 atom stereocenters. The molecule has 0 bridgehead atoms. The van der Waals surface area contributed by atoms with Crippen LogP contribution in [-0.4, -0.2) is 44.8 Å². The van der Waals surface area contributed by atoms with E-state index in [9.17, 15) is 17.6 Å². The predicted octanol–water partition coefficient (Wildman–Crippen LogP) is 2.87. The van der Waals surface area contributed by atoms with Crippen LogP contribution >= 0.6 is 12.4 Å². The van der Waals surface area contributed by atoms with E-state index in [1.165, 1.54) is 40.7 Å². The van der Waals surface area contributed by atoms with Crippen LogP contribution < -0.4 is 10.6 Å². The smallest absolute Gasteiger partial charge is 0.255 e. The highest BCUT2D eigenvalue weighted by Crippen LogP contribution is 2.26. The fraction of sp³-hybridized carbons (Fsp3) is 0.316. The minimum atomic E-state index is -3.57. The summed E-state index contributed by atoms with van der Waals surface area (Å²) in [5.41, 5.74) is 0.788. The van der Waals surface area contributed by atoms with Gasteiger partial charge in [-0.1, -0.05) is 0 Å². The van der Waals surface area contributed by atoms with Gasteiger partial charge in [0, 0.05) is 30.4 Å². The van der Waals surface area contributed by atoms with Crippen molar-refractivity contribution in [3.8, 4) is 0 Å². The van der Waals surface area contributed by atoms with E-state index in [0.717, 1.165) is 12.8 Å². The summed E-state index contributed by atoms with van der Waals surface area (Å²) < 4.78 is 40.2. The van der Waals surface area contributed by atoms with Crippen molar-refractivity contribution in [1.29, 1.82) is 0 Å². The molecule has 3 rings (SSSR count). The Balaban J connectivity index is 0.00000280. The lowest BCUT2D eigenvalue weighted by atomic mass is 10.2. The molecular weight excluding hydrogens is 405 g/mol. The summed E-state index contributed by atoms with van der Waals surface area (Å²) in [4.78, 5) is 12.4. The molecule has 152 valence electrons. The highest BCUT2D eigenvalue weighted by atomic mass is 35.5. The second kappa shape index (κ2) is 9.47. The van der Waals surface area contributed by atoms with Gasteiger partial charge in [0.05, 0.1) is 4.90 Å². The minimum Gasteiger partial charge on any atom is -0.322 e. The number of likely N-dealkylation sites (N-methyl/N-ethyl adjacent to an activating group) is 1. The second-order valence-corrected chi connectivity index (χ2v) is 8.35. The van der Waals surface area contributed by atoms with Crippen molar-refractivity contribution in [2.24, 2.45) is 0 Å². The van der Waals surface area contributed by atoms with Gasteiger partial charge in [-0.25, -0.2) is 12.8 Å². The Kier molecular flexibility index (Phi) is 7.54. The molecule has 1 fully saturated rings. The van der Waals surface area contributed by atoms with Gasteiger partial charge in [0.2, 0.25) is 10.0 Å². The summed E-state index contributed by atoms with van der Waals surface area (Å²) in [6.45, 7) is 1.13. The van der Waals surface area contributed by atoms with Crippen molar-refractivity contribution in [2.75, 3.05) is 25.5 Å². The van der Waals surface area contributed by atoms with Crippen LogP contribution in [0.15, 0.2) is 53.4 Å². The highest BCUT2D eigenvalue weighted by Gasteiger charge is 2.34. The average Bonchev–Trinajstić information content (AvgIpc) is 3.12. The molecule has 1 saturated heterocycles. The number of carbonyl (C=O) groups excluding carboxylic acids is 1. The van der Waals surface area contributed by atoms with Gasteiger partial charge in [-0.3, -0.25) is 4.79 Å². The first-order valence-electron chi connectivity index (χ1n) is 8.75. The fourth-order valence-corrected chi connectivity index (χ4v) is 4.91. The molecule has 0 saturated carbocycles. The zero-order valence-corrected chi connectivity index (χ0v) is 17.0. The van der Waals surface area contributed by atoms with Gasteiger partial charge in [0.15, 0.2) is 0 Å². The number of hydrogen-bond donors (Lipinski definition) is 2. The maximum absolute atomic E-state index is 12.9. The van der Waals surface area contributed by atoms with Crippen LogP contribution in [0.1, 0.15) is 23.2 Å². The van der Waals surface area contributed by atoms with E-state index in [1.54, 1.807) is 12.1 Å². The molecule has 2 N–H and O–H groups in total. The van der Waals surface area contributed by atoms with E-state index in [0.29, 0.717) is 24.3 Å². The Morgan fingerprint density at radius 1 is 1.14 bits per heavy atom. The molecule has 9 heteroatoms. The number of carbonyl (C=O) groups is 1. The number of hydrogen-bond acceptors (Lipinski definition) is 4. The molecule has 1 unspecified atom stereocenters. The van der Waals surface area contributed by atoms with E-state index >= 15 is 0 Å². The van der Waals surface area contributed by atoms with Crippen LogP contribution in [0.4, 0.5) is 10.1 Å². The maximum Gasteiger partial charge on any atom is 0.255 e. The van der Waals surface area contributed by atoms with Crippen LogP contribution in [0.25, 0.3) is 0 Å². The summed E-state index contributed by atoms with van der Waals surface area (Å²) in [5.74, 6) is -0.807. The molecule has 0 aliphatic carbocycles. The minimum absolute atomic E-state index is 0. The number of sulfonamides is 1. The topological polar surface area (TPSA) is 78.5 Å². The largest absolute Gasteiger partial charge is 0.322 e. The fourth-order valence-electron chi connectivity index (χ4n) is 3.22. The number of anilines is 1. The number of benzene rings is 2. The van der Waals surface area contributed by atoms with Crippen molar-refractivity contribution in [3.05, 3.63) is 59.9 Å². The molecule has 2 aromatic rings. The lowest BCUT2D eigenvalue weighted by molar-refractivity contribution is 0.102. The van der Waals surface area contributed by atoms with E-state index < -0.39 is 15.8 Å². The van der Waals surface area contributed by atoms with Crippen molar-refractivity contribution in [3.63, 3.8) is 0 Å². The lowest BCUT2D eigenvalue weighted by Crippen LogP contribution is -2.40. The quantitative estimate of drug-likeness (QED) is 0.743. The van der Waals surface area contributed by atoms with E-state index in [2.05, 4.69) is 10.6 Å². The number of halogens is 2. The number of amides is 1. The van der Waals surface area contributed by atoms with Gasteiger partial charge in [-0.05, 0) is 68.4 Å². The van der Waals surface area contributed by atoms with Gasteiger partial charge in [0.25, 0.3) is 5.91 Å². The molecular formula is C19H23ClFN3O3S. The first kappa shape index (κ1) is 22.3. The number of nitrogens with one attached hydrogen (secondary N) is 2. The molecule has 28 heavy (non-hydrogen) atoms. The van der Waals surface area contributed by atoms with Gasteiger partial charge >= 0.3 is 0 Å². The third-order valence-corrected chi connectivity index (χ3v) is 6.55. The average molecular weight is 428 g/mol. The van der Waals surface area contributed by atoms with Crippen LogP contribution in [0.5, 0.6) is 0 Å². The Hall–Kier alpha value is -2.00. The summed E-state index contributed by atoms with van der Waals surface area (Å²) in [6.07, 6.45) is 1.68. The van der Waals surface area contributed by atoms with Crippen LogP contribution in [0.3, 0.4) is 0 Å².